The number of ether oxygens (including phenoxy) is 1. The summed E-state index contributed by atoms with van der Waals surface area (Å²) in [5, 5.41) is 11.9. The summed E-state index contributed by atoms with van der Waals surface area (Å²) in [6.45, 7) is 7.27. The first-order valence-electron chi connectivity index (χ1n) is 9.31. The van der Waals surface area contributed by atoms with E-state index in [1.165, 1.54) is 0 Å². The van der Waals surface area contributed by atoms with Crippen molar-refractivity contribution in [2.75, 3.05) is 0 Å². The van der Waals surface area contributed by atoms with Gasteiger partial charge >= 0.3 is 11.5 Å². The van der Waals surface area contributed by atoms with Crippen LogP contribution < -0.4 is 0 Å². The molecule has 0 saturated carbocycles. The van der Waals surface area contributed by atoms with E-state index in [4.69, 9.17) is 4.74 Å². The van der Waals surface area contributed by atoms with E-state index in [9.17, 15) is 14.9 Å². The first-order valence-corrected chi connectivity index (χ1v) is 9.31. The van der Waals surface area contributed by atoms with E-state index < -0.39 is 22.0 Å². The number of hydrogen-bond acceptors (Lipinski definition) is 4. The number of benzene rings is 1. The zero-order valence-corrected chi connectivity index (χ0v) is 16.4. The molecule has 0 spiro atoms. The predicted molar refractivity (Wildman–Crippen MR) is 104 cm³/mol. The maximum Gasteiger partial charge on any atom is 0.385 e. The van der Waals surface area contributed by atoms with Crippen LogP contribution in [0.3, 0.4) is 0 Å². The molecule has 0 N–H and O–H groups in total. The summed E-state index contributed by atoms with van der Waals surface area (Å²) in [5.41, 5.74) is -1.54. The first kappa shape index (κ1) is 21.9. The Morgan fingerprint density at radius 1 is 1.15 bits per heavy atom. The molecular weight excluding hydrogens is 330 g/mol. The molecule has 5 heteroatoms. The highest BCUT2D eigenvalue weighted by atomic mass is 16.6. The third kappa shape index (κ3) is 6.98. The van der Waals surface area contributed by atoms with Gasteiger partial charge < -0.3 is 4.74 Å². The molecule has 26 heavy (non-hydrogen) atoms. The van der Waals surface area contributed by atoms with Gasteiger partial charge in [-0.25, -0.2) is 4.79 Å². The van der Waals surface area contributed by atoms with Crippen LogP contribution in [0.1, 0.15) is 71.8 Å². The maximum atomic E-state index is 12.7. The van der Waals surface area contributed by atoms with Crippen molar-refractivity contribution in [1.29, 1.82) is 0 Å². The van der Waals surface area contributed by atoms with Gasteiger partial charge in [0, 0.05) is 17.8 Å². The third-order valence-electron chi connectivity index (χ3n) is 4.14. The predicted octanol–water partition coefficient (Wildman–Crippen LogP) is 5.42. The van der Waals surface area contributed by atoms with Gasteiger partial charge in [-0.1, -0.05) is 68.7 Å². The minimum Gasteiger partial charge on any atom is -0.455 e. The zero-order chi connectivity index (χ0) is 19.6. The molecule has 5 nitrogen and oxygen atoms in total. The number of carbonyl (C=O) groups is 1. The number of hydrogen-bond donors (Lipinski definition) is 0. The third-order valence-corrected chi connectivity index (χ3v) is 4.14. The number of carbonyl (C=O) groups excluding carboxylic acids is 1. The SMILES string of the molecule is CCCCCC[C@@](C/C=C/c1ccccc1)(C(=O)OC(C)(C)C)[N+](=O)[O-]. The summed E-state index contributed by atoms with van der Waals surface area (Å²) in [6.07, 6.45) is 7.28. The van der Waals surface area contributed by atoms with Crippen molar-refractivity contribution >= 4 is 12.0 Å². The number of rotatable bonds is 10. The second-order valence-corrected chi connectivity index (χ2v) is 7.62. The normalized spacial score (nSPS) is 14.2. The van der Waals surface area contributed by atoms with Crippen molar-refractivity contribution in [3.63, 3.8) is 0 Å². The molecule has 0 aromatic heterocycles. The number of esters is 1. The van der Waals surface area contributed by atoms with Gasteiger partial charge in [-0.05, 0) is 32.8 Å². The molecule has 0 unspecified atom stereocenters. The molecular formula is C21H31NO4. The van der Waals surface area contributed by atoms with E-state index in [2.05, 4.69) is 6.92 Å². The van der Waals surface area contributed by atoms with Crippen LogP contribution in [0, 0.1) is 10.1 Å². The molecule has 144 valence electrons. The van der Waals surface area contributed by atoms with Crippen LogP contribution in [0.5, 0.6) is 0 Å². The van der Waals surface area contributed by atoms with Crippen LogP contribution in [-0.2, 0) is 9.53 Å². The van der Waals surface area contributed by atoms with Gasteiger partial charge in [0.05, 0.1) is 0 Å². The maximum absolute atomic E-state index is 12.7. The van der Waals surface area contributed by atoms with Crippen molar-refractivity contribution in [2.45, 2.75) is 77.4 Å². The van der Waals surface area contributed by atoms with Crippen molar-refractivity contribution in [3.8, 4) is 0 Å². The summed E-state index contributed by atoms with van der Waals surface area (Å²) in [6, 6.07) is 9.54. The fourth-order valence-corrected chi connectivity index (χ4v) is 2.70. The molecule has 0 bridgehead atoms. The topological polar surface area (TPSA) is 69.4 Å². The summed E-state index contributed by atoms with van der Waals surface area (Å²) in [7, 11) is 0. The van der Waals surface area contributed by atoms with Crippen LogP contribution >= 0.6 is 0 Å². The summed E-state index contributed by atoms with van der Waals surface area (Å²) >= 11 is 0. The lowest BCUT2D eigenvalue weighted by Gasteiger charge is -2.27. The lowest BCUT2D eigenvalue weighted by atomic mass is 9.88. The lowest BCUT2D eigenvalue weighted by molar-refractivity contribution is -0.556. The van der Waals surface area contributed by atoms with Gasteiger partial charge in [0.1, 0.15) is 5.60 Å². The minimum atomic E-state index is -1.73. The second kappa shape index (κ2) is 10.1. The number of unbranched alkanes of at least 4 members (excludes halogenated alkanes) is 3. The highest BCUT2D eigenvalue weighted by Crippen LogP contribution is 2.28. The van der Waals surface area contributed by atoms with Gasteiger partial charge in [-0.2, -0.15) is 0 Å². The largest absolute Gasteiger partial charge is 0.455 e. The Balaban J connectivity index is 3.01. The second-order valence-electron chi connectivity index (χ2n) is 7.62. The van der Waals surface area contributed by atoms with E-state index in [-0.39, 0.29) is 12.8 Å². The van der Waals surface area contributed by atoms with Crippen LogP contribution in [0.15, 0.2) is 36.4 Å². The Kier molecular flexibility index (Phi) is 8.49. The molecule has 1 rings (SSSR count). The molecule has 0 aliphatic heterocycles. The zero-order valence-electron chi connectivity index (χ0n) is 16.4. The standard InChI is InChI=1S/C21H31NO4/c1-5-6-7-11-16-21(22(24)25,19(23)26-20(2,3)4)17-12-15-18-13-9-8-10-14-18/h8-10,12-15H,5-7,11,16-17H2,1-4H3/b15-12+/t21-/m1/s1. The summed E-state index contributed by atoms with van der Waals surface area (Å²) in [5.74, 6) is -0.746. The van der Waals surface area contributed by atoms with Crippen LogP contribution in [-0.4, -0.2) is 22.0 Å². The highest BCUT2D eigenvalue weighted by Gasteiger charge is 2.52. The Morgan fingerprint density at radius 2 is 1.81 bits per heavy atom. The van der Waals surface area contributed by atoms with Crippen LogP contribution in [0.25, 0.3) is 6.08 Å². The number of nitro groups is 1. The Morgan fingerprint density at radius 3 is 2.35 bits per heavy atom. The summed E-state index contributed by atoms with van der Waals surface area (Å²) in [4.78, 5) is 24.2. The van der Waals surface area contributed by atoms with Gasteiger partial charge in [0.2, 0.25) is 0 Å². The smallest absolute Gasteiger partial charge is 0.385 e. The van der Waals surface area contributed by atoms with Crippen LogP contribution in [0.4, 0.5) is 0 Å². The average Bonchev–Trinajstić information content (AvgIpc) is 2.56. The molecule has 0 fully saturated rings. The monoisotopic (exact) mass is 361 g/mol. The quantitative estimate of drug-likeness (QED) is 0.241. The van der Waals surface area contributed by atoms with E-state index in [0.717, 1.165) is 24.8 Å². The molecule has 0 heterocycles. The number of nitrogens with zero attached hydrogens (tertiary/aromatic N) is 1. The van der Waals surface area contributed by atoms with E-state index in [1.54, 1.807) is 26.8 Å². The van der Waals surface area contributed by atoms with Crippen molar-refractivity contribution in [3.05, 3.63) is 52.1 Å². The van der Waals surface area contributed by atoms with Gasteiger partial charge in [0.15, 0.2) is 0 Å². The summed E-state index contributed by atoms with van der Waals surface area (Å²) < 4.78 is 5.41. The average molecular weight is 361 g/mol. The van der Waals surface area contributed by atoms with Crippen LogP contribution in [0.2, 0.25) is 0 Å². The molecule has 1 aromatic rings. The van der Waals surface area contributed by atoms with Gasteiger partial charge in [-0.3, -0.25) is 10.1 Å². The first-order chi connectivity index (χ1) is 12.2. The molecule has 1 aromatic carbocycles. The highest BCUT2D eigenvalue weighted by molar-refractivity contribution is 5.80. The molecule has 0 saturated heterocycles. The van der Waals surface area contributed by atoms with Crippen molar-refractivity contribution < 1.29 is 14.5 Å². The van der Waals surface area contributed by atoms with E-state index in [0.29, 0.717) is 6.42 Å². The molecule has 0 aliphatic rings. The molecule has 0 aliphatic carbocycles. The van der Waals surface area contributed by atoms with E-state index in [1.807, 2.05) is 36.4 Å². The lowest BCUT2D eigenvalue weighted by Crippen LogP contribution is -2.49. The van der Waals surface area contributed by atoms with Gasteiger partial charge in [-0.15, -0.1) is 0 Å². The Bertz CT molecular complexity index is 604. The fourth-order valence-electron chi connectivity index (χ4n) is 2.70. The molecule has 1 atom stereocenters. The molecule has 0 radical (unpaired) electrons. The van der Waals surface area contributed by atoms with E-state index >= 15 is 0 Å². The van der Waals surface area contributed by atoms with Gasteiger partial charge in [0.25, 0.3) is 0 Å². The molecule has 0 amide bonds. The Labute approximate surface area is 156 Å². The minimum absolute atomic E-state index is 0.0237. The fraction of sp³-hybridized carbons (Fsp3) is 0.571. The Hall–Kier alpha value is -2.17. The van der Waals surface area contributed by atoms with Crippen molar-refractivity contribution in [1.82, 2.24) is 0 Å². The van der Waals surface area contributed by atoms with Crippen molar-refractivity contribution in [2.24, 2.45) is 0 Å².